The molecule has 0 radical (unpaired) electrons. The van der Waals surface area contributed by atoms with Crippen molar-refractivity contribution in [1.29, 1.82) is 0 Å². The van der Waals surface area contributed by atoms with E-state index < -0.39 is 0 Å². The Kier molecular flexibility index (Phi) is 5.32. The quantitative estimate of drug-likeness (QED) is 0.276. The molecular weight excluding hydrogens is 332 g/mol. The van der Waals surface area contributed by atoms with Crippen molar-refractivity contribution in [1.82, 2.24) is 5.43 Å². The number of nitrogen functional groups attached to an aromatic ring is 1. The minimum absolute atomic E-state index is 0.0685. The Balaban J connectivity index is 2.35. The Bertz CT molecular complexity index is 618. The molecule has 2 rings (SSSR count). The molecule has 0 aliphatic rings. The van der Waals surface area contributed by atoms with Crippen LogP contribution in [0.3, 0.4) is 0 Å². The van der Waals surface area contributed by atoms with Gasteiger partial charge in [0.15, 0.2) is 6.54 Å². The van der Waals surface area contributed by atoms with E-state index in [0.717, 1.165) is 15.6 Å². The maximum atomic E-state index is 11.4. The van der Waals surface area contributed by atoms with Crippen LogP contribution in [-0.4, -0.2) is 12.5 Å². The van der Waals surface area contributed by atoms with Gasteiger partial charge in [-0.3, -0.25) is 10.2 Å². The summed E-state index contributed by atoms with van der Waals surface area (Å²) in [6.07, 6.45) is 0. The lowest BCUT2D eigenvalue weighted by atomic mass is 9.97. The Hall–Kier alpha value is -1.89. The second kappa shape index (κ2) is 7.21. The molecule has 0 aliphatic carbocycles. The number of carbonyl (C=O) groups excluding carboxylic acids is 1. The van der Waals surface area contributed by atoms with Gasteiger partial charge in [0.25, 0.3) is 5.91 Å². The van der Waals surface area contributed by atoms with E-state index in [1.165, 1.54) is 0 Å². The fourth-order valence-corrected chi connectivity index (χ4v) is 2.58. The molecule has 7 N–H and O–H groups in total. The van der Waals surface area contributed by atoms with Gasteiger partial charge in [0.1, 0.15) is 6.04 Å². The Labute approximate surface area is 131 Å². The summed E-state index contributed by atoms with van der Waals surface area (Å²) in [4.78, 5) is 11.4. The highest BCUT2D eigenvalue weighted by atomic mass is 79.9. The highest BCUT2D eigenvalue weighted by Gasteiger charge is 2.21. The molecule has 0 aromatic heterocycles. The van der Waals surface area contributed by atoms with Gasteiger partial charge >= 0.3 is 0 Å². The minimum atomic E-state index is -0.232. The number of anilines is 1. The summed E-state index contributed by atoms with van der Waals surface area (Å²) >= 11 is 3.46. The number of carbonyl (C=O) groups is 1. The smallest absolute Gasteiger partial charge is 0.288 e. The van der Waals surface area contributed by atoms with Crippen molar-refractivity contribution in [3.05, 3.63) is 64.1 Å². The molecule has 0 saturated heterocycles. The van der Waals surface area contributed by atoms with Crippen LogP contribution < -0.4 is 22.3 Å². The van der Waals surface area contributed by atoms with E-state index in [0.29, 0.717) is 5.69 Å². The third-order valence-electron chi connectivity index (χ3n) is 3.24. The Morgan fingerprint density at radius 1 is 1.24 bits per heavy atom. The zero-order valence-electron chi connectivity index (χ0n) is 11.4. The summed E-state index contributed by atoms with van der Waals surface area (Å²) in [7, 11) is 0. The molecule has 0 fully saturated rings. The van der Waals surface area contributed by atoms with Crippen LogP contribution in [0.2, 0.25) is 0 Å². The third kappa shape index (κ3) is 4.04. The van der Waals surface area contributed by atoms with Crippen molar-refractivity contribution in [2.45, 2.75) is 6.04 Å². The lowest BCUT2D eigenvalue weighted by Crippen LogP contribution is -2.88. The van der Waals surface area contributed by atoms with Crippen LogP contribution in [-0.2, 0) is 4.79 Å². The van der Waals surface area contributed by atoms with Crippen LogP contribution in [0, 0.1) is 0 Å². The van der Waals surface area contributed by atoms with Crippen LogP contribution in [0.4, 0.5) is 5.69 Å². The SMILES string of the molecule is NNC(=O)C[NH2+][C@@H](c1ccccc1)c1cc(Br)ccc1N. The van der Waals surface area contributed by atoms with Gasteiger partial charge < -0.3 is 11.1 Å². The largest absolute Gasteiger partial charge is 0.398 e. The summed E-state index contributed by atoms with van der Waals surface area (Å²) in [5.74, 6) is 4.91. The fraction of sp³-hybridized carbons (Fsp3) is 0.133. The van der Waals surface area contributed by atoms with E-state index in [1.54, 1.807) is 0 Å². The van der Waals surface area contributed by atoms with E-state index in [1.807, 2.05) is 53.8 Å². The molecule has 0 aliphatic heterocycles. The van der Waals surface area contributed by atoms with Crippen molar-refractivity contribution in [3.63, 3.8) is 0 Å². The summed E-state index contributed by atoms with van der Waals surface area (Å²) in [5.41, 5.74) is 11.0. The van der Waals surface area contributed by atoms with Crippen molar-refractivity contribution >= 4 is 27.5 Å². The topological polar surface area (TPSA) is 97.7 Å². The molecule has 110 valence electrons. The van der Waals surface area contributed by atoms with Crippen molar-refractivity contribution in [3.8, 4) is 0 Å². The third-order valence-corrected chi connectivity index (χ3v) is 3.74. The number of nitrogens with one attached hydrogen (secondary N) is 1. The Morgan fingerprint density at radius 2 is 1.95 bits per heavy atom. The first-order valence-corrected chi connectivity index (χ1v) is 7.33. The van der Waals surface area contributed by atoms with E-state index in [2.05, 4.69) is 21.4 Å². The van der Waals surface area contributed by atoms with Crippen LogP contribution in [0.15, 0.2) is 53.0 Å². The van der Waals surface area contributed by atoms with E-state index in [9.17, 15) is 4.79 Å². The number of amides is 1. The molecule has 2 aromatic carbocycles. The predicted molar refractivity (Wildman–Crippen MR) is 86.0 cm³/mol. The average Bonchev–Trinajstić information content (AvgIpc) is 2.51. The molecule has 0 heterocycles. The van der Waals surface area contributed by atoms with Gasteiger partial charge in [-0.25, -0.2) is 5.84 Å². The number of hydrazine groups is 1. The van der Waals surface area contributed by atoms with Gasteiger partial charge in [-0.15, -0.1) is 0 Å². The fourth-order valence-electron chi connectivity index (χ4n) is 2.20. The van der Waals surface area contributed by atoms with Gasteiger partial charge in [-0.05, 0) is 18.2 Å². The number of hydrogen-bond donors (Lipinski definition) is 4. The van der Waals surface area contributed by atoms with Gasteiger partial charge in [0, 0.05) is 21.3 Å². The maximum absolute atomic E-state index is 11.4. The molecule has 1 atom stereocenters. The first-order chi connectivity index (χ1) is 10.1. The normalized spacial score (nSPS) is 11.9. The summed E-state index contributed by atoms with van der Waals surface area (Å²) in [6.45, 7) is 0.224. The van der Waals surface area contributed by atoms with Gasteiger partial charge in [-0.2, -0.15) is 0 Å². The first-order valence-electron chi connectivity index (χ1n) is 6.54. The molecule has 0 spiro atoms. The van der Waals surface area contributed by atoms with Crippen LogP contribution in [0.5, 0.6) is 0 Å². The molecule has 0 unspecified atom stereocenters. The molecule has 21 heavy (non-hydrogen) atoms. The number of nitrogens with two attached hydrogens (primary N) is 3. The van der Waals surface area contributed by atoms with E-state index in [-0.39, 0.29) is 18.5 Å². The van der Waals surface area contributed by atoms with Gasteiger partial charge in [0.2, 0.25) is 0 Å². The summed E-state index contributed by atoms with van der Waals surface area (Å²) in [6, 6.07) is 15.6. The van der Waals surface area contributed by atoms with Crippen molar-refractivity contribution < 1.29 is 10.1 Å². The molecular formula is C15H18BrN4O+. The molecule has 2 aromatic rings. The molecule has 1 amide bonds. The number of rotatable bonds is 5. The Morgan fingerprint density at radius 3 is 2.62 bits per heavy atom. The molecule has 0 bridgehead atoms. The van der Waals surface area contributed by atoms with Crippen LogP contribution >= 0.6 is 15.9 Å². The van der Waals surface area contributed by atoms with E-state index >= 15 is 0 Å². The standard InChI is InChI=1S/C15H17BrN4O/c16-11-6-7-13(17)12(8-11)15(19-9-14(21)20-18)10-4-2-1-3-5-10/h1-8,15,19H,9,17-18H2,(H,20,21)/p+1/t15-/m0/s1. The number of quaternary nitrogens is 1. The predicted octanol–water partition coefficient (Wildman–Crippen LogP) is 0.674. The number of halogens is 1. The van der Waals surface area contributed by atoms with Gasteiger partial charge in [0.05, 0.1) is 0 Å². The monoisotopic (exact) mass is 349 g/mol. The zero-order valence-corrected chi connectivity index (χ0v) is 13.0. The minimum Gasteiger partial charge on any atom is -0.398 e. The average molecular weight is 350 g/mol. The highest BCUT2D eigenvalue weighted by molar-refractivity contribution is 9.10. The van der Waals surface area contributed by atoms with Crippen LogP contribution in [0.1, 0.15) is 17.2 Å². The highest BCUT2D eigenvalue weighted by Crippen LogP contribution is 2.26. The molecule has 0 saturated carbocycles. The van der Waals surface area contributed by atoms with Crippen molar-refractivity contribution in [2.75, 3.05) is 12.3 Å². The summed E-state index contributed by atoms with van der Waals surface area (Å²) in [5, 5.41) is 1.91. The van der Waals surface area contributed by atoms with Crippen molar-refractivity contribution in [2.24, 2.45) is 5.84 Å². The lowest BCUT2D eigenvalue weighted by molar-refractivity contribution is -0.676. The maximum Gasteiger partial charge on any atom is 0.288 e. The van der Waals surface area contributed by atoms with Crippen LogP contribution in [0.25, 0.3) is 0 Å². The molecule has 6 heteroatoms. The van der Waals surface area contributed by atoms with Gasteiger partial charge in [-0.1, -0.05) is 46.3 Å². The summed E-state index contributed by atoms with van der Waals surface area (Å²) < 4.78 is 0.948. The lowest BCUT2D eigenvalue weighted by Gasteiger charge is -2.18. The number of hydrogen-bond acceptors (Lipinski definition) is 3. The number of benzene rings is 2. The second-order valence-corrected chi connectivity index (χ2v) is 5.58. The second-order valence-electron chi connectivity index (χ2n) is 4.67. The van der Waals surface area contributed by atoms with E-state index in [4.69, 9.17) is 11.6 Å². The zero-order chi connectivity index (χ0) is 15.2. The first kappa shape index (κ1) is 15.5. The molecule has 5 nitrogen and oxygen atoms in total.